The van der Waals surface area contributed by atoms with Gasteiger partial charge in [-0.15, -0.1) is 0 Å². The first-order chi connectivity index (χ1) is 8.22. The zero-order chi connectivity index (χ0) is 12.3. The average molecular weight is 256 g/mol. The predicted molar refractivity (Wildman–Crippen MR) is 68.8 cm³/mol. The molecule has 2 heterocycles. The minimum atomic E-state index is -0.122. The molecule has 1 aliphatic heterocycles. The molecular weight excluding hydrogens is 236 g/mol. The van der Waals surface area contributed by atoms with Crippen LogP contribution in [0.3, 0.4) is 0 Å². The maximum absolute atomic E-state index is 5.97. The second kappa shape index (κ2) is 5.84. The Hall–Kier alpha value is -0.590. The van der Waals surface area contributed by atoms with Crippen LogP contribution in [0.1, 0.15) is 43.6 Å². The second-order valence-corrected chi connectivity index (χ2v) is 5.61. The van der Waals surface area contributed by atoms with Gasteiger partial charge in [-0.2, -0.15) is 16.7 Å². The van der Waals surface area contributed by atoms with Crippen LogP contribution in [0.5, 0.6) is 0 Å². The molecule has 1 aliphatic rings. The summed E-state index contributed by atoms with van der Waals surface area (Å²) in [5.41, 5.74) is 5.97. The Balaban J connectivity index is 2.06. The van der Waals surface area contributed by atoms with Crippen molar-refractivity contribution < 1.29 is 4.52 Å². The molecule has 0 aromatic carbocycles. The van der Waals surface area contributed by atoms with Crippen LogP contribution >= 0.6 is 11.8 Å². The third kappa shape index (κ3) is 3.00. The maximum Gasteiger partial charge on any atom is 0.243 e. The summed E-state index contributed by atoms with van der Waals surface area (Å²) in [4.78, 5) is 6.72. The molecule has 0 aliphatic carbocycles. The van der Waals surface area contributed by atoms with Gasteiger partial charge in [-0.3, -0.25) is 4.90 Å². The summed E-state index contributed by atoms with van der Waals surface area (Å²) in [7, 11) is 2.10. The van der Waals surface area contributed by atoms with E-state index in [0.29, 0.717) is 5.89 Å². The van der Waals surface area contributed by atoms with E-state index in [4.69, 9.17) is 10.3 Å². The van der Waals surface area contributed by atoms with Crippen LogP contribution in [-0.2, 0) is 0 Å². The van der Waals surface area contributed by atoms with Gasteiger partial charge in [0, 0.05) is 18.1 Å². The predicted octanol–water partition coefficient (Wildman–Crippen LogP) is 1.59. The van der Waals surface area contributed by atoms with E-state index in [2.05, 4.69) is 29.0 Å². The summed E-state index contributed by atoms with van der Waals surface area (Å²) in [6.07, 6.45) is 1.91. The Bertz CT molecular complexity index is 357. The number of hydrogen-bond acceptors (Lipinski definition) is 6. The molecule has 96 valence electrons. The van der Waals surface area contributed by atoms with E-state index in [1.54, 1.807) is 0 Å². The highest BCUT2D eigenvalue weighted by molar-refractivity contribution is 7.99. The van der Waals surface area contributed by atoms with E-state index in [9.17, 15) is 0 Å². The minimum Gasteiger partial charge on any atom is -0.338 e. The Labute approximate surface area is 106 Å². The van der Waals surface area contributed by atoms with Crippen LogP contribution in [0.25, 0.3) is 0 Å². The highest BCUT2D eigenvalue weighted by Crippen LogP contribution is 2.27. The molecule has 6 heteroatoms. The molecular formula is C11H20N4OS. The molecule has 17 heavy (non-hydrogen) atoms. The van der Waals surface area contributed by atoms with Crippen LogP contribution in [0, 0.1) is 0 Å². The summed E-state index contributed by atoms with van der Waals surface area (Å²) < 4.78 is 5.26. The molecule has 2 rings (SSSR count). The third-order valence-electron chi connectivity index (χ3n) is 3.07. The molecule has 5 nitrogen and oxygen atoms in total. The third-order valence-corrected chi connectivity index (χ3v) is 4.09. The zero-order valence-electron chi connectivity index (χ0n) is 10.4. The topological polar surface area (TPSA) is 68.2 Å². The molecule has 2 N–H and O–H groups in total. The number of rotatable bonds is 4. The van der Waals surface area contributed by atoms with Crippen molar-refractivity contribution in [1.82, 2.24) is 15.0 Å². The number of nitrogens with two attached hydrogens (primary N) is 1. The van der Waals surface area contributed by atoms with Gasteiger partial charge in [-0.1, -0.05) is 18.5 Å². The number of aromatic nitrogens is 2. The van der Waals surface area contributed by atoms with Gasteiger partial charge >= 0.3 is 0 Å². The molecule has 2 atom stereocenters. The first kappa shape index (κ1) is 12.9. The van der Waals surface area contributed by atoms with Crippen molar-refractivity contribution in [3.63, 3.8) is 0 Å². The standard InChI is InChI=1S/C11H20N4OS/c1-3-4-8(12)11-13-10(14-16-11)9-7-17-6-5-15(9)2/h8-9H,3-7,12H2,1-2H3. The largest absolute Gasteiger partial charge is 0.338 e. The molecule has 1 saturated heterocycles. The number of nitrogens with zero attached hydrogens (tertiary/aromatic N) is 3. The van der Waals surface area contributed by atoms with E-state index in [1.165, 1.54) is 5.75 Å². The molecule has 0 saturated carbocycles. The first-order valence-corrected chi connectivity index (χ1v) is 7.25. The monoisotopic (exact) mass is 256 g/mol. The molecule has 2 unspecified atom stereocenters. The normalized spacial score (nSPS) is 23.8. The summed E-state index contributed by atoms with van der Waals surface area (Å²) >= 11 is 1.93. The Kier molecular flexibility index (Phi) is 4.42. The van der Waals surface area contributed by atoms with Crippen LogP contribution in [-0.4, -0.2) is 40.1 Å². The van der Waals surface area contributed by atoms with Crippen LogP contribution in [0.2, 0.25) is 0 Å². The highest BCUT2D eigenvalue weighted by atomic mass is 32.2. The van der Waals surface area contributed by atoms with Crippen LogP contribution in [0.4, 0.5) is 0 Å². The van der Waals surface area contributed by atoms with Crippen molar-refractivity contribution in [2.24, 2.45) is 5.73 Å². The smallest absolute Gasteiger partial charge is 0.243 e. The molecule has 0 spiro atoms. The van der Waals surface area contributed by atoms with Crippen molar-refractivity contribution in [2.75, 3.05) is 25.1 Å². The lowest BCUT2D eigenvalue weighted by Gasteiger charge is -2.29. The maximum atomic E-state index is 5.97. The Morgan fingerprint density at radius 3 is 3.18 bits per heavy atom. The van der Waals surface area contributed by atoms with E-state index in [1.807, 2.05) is 11.8 Å². The van der Waals surface area contributed by atoms with Crippen molar-refractivity contribution in [2.45, 2.75) is 31.8 Å². The fourth-order valence-corrected chi connectivity index (χ4v) is 3.14. The van der Waals surface area contributed by atoms with Crippen LogP contribution < -0.4 is 5.73 Å². The molecule has 1 aromatic heterocycles. The van der Waals surface area contributed by atoms with E-state index in [0.717, 1.165) is 31.0 Å². The molecule has 1 fully saturated rings. The van der Waals surface area contributed by atoms with Gasteiger partial charge in [0.25, 0.3) is 0 Å². The van der Waals surface area contributed by atoms with Gasteiger partial charge in [0.05, 0.1) is 12.1 Å². The fourth-order valence-electron chi connectivity index (χ4n) is 1.93. The lowest BCUT2D eigenvalue weighted by Crippen LogP contribution is -2.33. The molecule has 0 bridgehead atoms. The van der Waals surface area contributed by atoms with Gasteiger partial charge in [-0.25, -0.2) is 0 Å². The van der Waals surface area contributed by atoms with Crippen molar-refractivity contribution >= 4 is 11.8 Å². The molecule has 1 aromatic rings. The zero-order valence-corrected chi connectivity index (χ0v) is 11.2. The van der Waals surface area contributed by atoms with Gasteiger partial charge < -0.3 is 10.3 Å². The second-order valence-electron chi connectivity index (χ2n) is 4.46. The van der Waals surface area contributed by atoms with Crippen LogP contribution in [0.15, 0.2) is 4.52 Å². The molecule has 0 radical (unpaired) electrons. The lowest BCUT2D eigenvalue weighted by atomic mass is 10.2. The van der Waals surface area contributed by atoms with E-state index in [-0.39, 0.29) is 12.1 Å². The average Bonchev–Trinajstić information content (AvgIpc) is 2.79. The minimum absolute atomic E-state index is 0.122. The number of hydrogen-bond donors (Lipinski definition) is 1. The highest BCUT2D eigenvalue weighted by Gasteiger charge is 2.26. The first-order valence-electron chi connectivity index (χ1n) is 6.09. The SMILES string of the molecule is CCCC(N)c1nc(C2CSCCN2C)no1. The van der Waals surface area contributed by atoms with Gasteiger partial charge in [0.1, 0.15) is 0 Å². The summed E-state index contributed by atoms with van der Waals surface area (Å²) in [6, 6.07) is 0.142. The fraction of sp³-hybridized carbons (Fsp3) is 0.818. The Morgan fingerprint density at radius 1 is 1.65 bits per heavy atom. The lowest BCUT2D eigenvalue weighted by molar-refractivity contribution is 0.256. The number of thioether (sulfide) groups is 1. The van der Waals surface area contributed by atoms with Gasteiger partial charge in [0.2, 0.25) is 5.89 Å². The van der Waals surface area contributed by atoms with Crippen molar-refractivity contribution in [3.05, 3.63) is 11.7 Å². The summed E-state index contributed by atoms with van der Waals surface area (Å²) in [5.74, 6) is 3.55. The van der Waals surface area contributed by atoms with E-state index >= 15 is 0 Å². The quantitative estimate of drug-likeness (QED) is 0.882. The van der Waals surface area contributed by atoms with Gasteiger partial charge in [0.15, 0.2) is 5.82 Å². The van der Waals surface area contributed by atoms with Gasteiger partial charge in [-0.05, 0) is 13.5 Å². The molecule has 0 amide bonds. The Morgan fingerprint density at radius 2 is 2.47 bits per heavy atom. The summed E-state index contributed by atoms with van der Waals surface area (Å²) in [5, 5.41) is 4.07. The van der Waals surface area contributed by atoms with E-state index < -0.39 is 0 Å². The van der Waals surface area contributed by atoms with Crippen molar-refractivity contribution in [3.8, 4) is 0 Å². The summed E-state index contributed by atoms with van der Waals surface area (Å²) in [6.45, 7) is 3.17. The van der Waals surface area contributed by atoms with Crippen molar-refractivity contribution in [1.29, 1.82) is 0 Å².